The van der Waals surface area contributed by atoms with Gasteiger partial charge >= 0.3 is 0 Å². The van der Waals surface area contributed by atoms with Crippen LogP contribution in [0.25, 0.3) is 5.69 Å². The van der Waals surface area contributed by atoms with Crippen molar-refractivity contribution in [1.29, 1.82) is 0 Å². The van der Waals surface area contributed by atoms with Crippen LogP contribution in [-0.2, 0) is 6.61 Å². The van der Waals surface area contributed by atoms with E-state index in [2.05, 4.69) is 15.5 Å². The number of nitrogens with zero attached hydrogens (tertiary/aromatic N) is 3. The monoisotopic (exact) mass is 276 g/mol. The first-order chi connectivity index (χ1) is 9.65. The van der Waals surface area contributed by atoms with Gasteiger partial charge in [0, 0.05) is 6.54 Å². The Morgan fingerprint density at radius 1 is 1.25 bits per heavy atom. The van der Waals surface area contributed by atoms with Crippen molar-refractivity contribution < 1.29 is 15.0 Å². The number of hydrogen-bond donors (Lipinski definition) is 3. The van der Waals surface area contributed by atoms with Gasteiger partial charge in [-0.25, -0.2) is 0 Å². The zero-order valence-electron chi connectivity index (χ0n) is 11.1. The lowest BCUT2D eigenvalue weighted by atomic mass is 10.2. The molecule has 1 amide bonds. The predicted octanol–water partition coefficient (Wildman–Crippen LogP) is -0.210. The molecule has 0 radical (unpaired) electrons. The third-order valence-corrected chi connectivity index (χ3v) is 2.71. The first kappa shape index (κ1) is 14.2. The van der Waals surface area contributed by atoms with Crippen LogP contribution < -0.4 is 5.32 Å². The van der Waals surface area contributed by atoms with Gasteiger partial charge in [-0.1, -0.05) is 17.7 Å². The van der Waals surface area contributed by atoms with Gasteiger partial charge in [-0.05, 0) is 19.1 Å². The Labute approximate surface area is 115 Å². The van der Waals surface area contributed by atoms with Crippen LogP contribution in [0, 0.1) is 6.92 Å². The highest BCUT2D eigenvalue weighted by atomic mass is 16.3. The third kappa shape index (κ3) is 3.01. The van der Waals surface area contributed by atoms with Crippen LogP contribution in [0.4, 0.5) is 0 Å². The number of rotatable bonds is 5. The van der Waals surface area contributed by atoms with Gasteiger partial charge in [0.25, 0.3) is 5.91 Å². The first-order valence-corrected chi connectivity index (χ1v) is 6.19. The molecule has 0 atom stereocenters. The quantitative estimate of drug-likeness (QED) is 0.701. The smallest absolute Gasteiger partial charge is 0.273 e. The maximum absolute atomic E-state index is 11.8. The van der Waals surface area contributed by atoms with Gasteiger partial charge in [-0.2, -0.15) is 4.80 Å². The second-order valence-corrected chi connectivity index (χ2v) is 4.26. The predicted molar refractivity (Wildman–Crippen MR) is 71.4 cm³/mol. The molecular weight excluding hydrogens is 260 g/mol. The highest BCUT2D eigenvalue weighted by molar-refractivity contribution is 5.93. The van der Waals surface area contributed by atoms with Crippen molar-refractivity contribution in [1.82, 2.24) is 20.3 Å². The summed E-state index contributed by atoms with van der Waals surface area (Å²) in [6.07, 6.45) is 0. The number of aryl methyl sites for hydroxylation is 1. The fourth-order valence-corrected chi connectivity index (χ4v) is 1.67. The van der Waals surface area contributed by atoms with Gasteiger partial charge in [0.2, 0.25) is 0 Å². The fraction of sp³-hybridized carbons (Fsp3) is 0.308. The van der Waals surface area contributed by atoms with Crippen LogP contribution in [0.3, 0.4) is 0 Å². The summed E-state index contributed by atoms with van der Waals surface area (Å²) in [7, 11) is 0. The summed E-state index contributed by atoms with van der Waals surface area (Å²) in [6, 6.07) is 7.46. The van der Waals surface area contributed by atoms with E-state index >= 15 is 0 Å². The number of aliphatic hydroxyl groups excluding tert-OH is 2. The SMILES string of the molecule is Cc1ccc(-n2nc(CO)c(C(=O)NCCO)n2)cc1. The molecule has 0 fully saturated rings. The molecule has 3 N–H and O–H groups in total. The molecule has 7 heteroatoms. The highest BCUT2D eigenvalue weighted by Gasteiger charge is 2.18. The molecule has 0 spiro atoms. The maximum Gasteiger partial charge on any atom is 0.273 e. The van der Waals surface area contributed by atoms with Crippen LogP contribution >= 0.6 is 0 Å². The van der Waals surface area contributed by atoms with E-state index in [0.29, 0.717) is 5.69 Å². The number of carbonyl (C=O) groups is 1. The Morgan fingerprint density at radius 2 is 1.95 bits per heavy atom. The van der Waals surface area contributed by atoms with Crippen LogP contribution in [0.1, 0.15) is 21.7 Å². The minimum atomic E-state index is -0.471. The lowest BCUT2D eigenvalue weighted by Gasteiger charge is -2.00. The van der Waals surface area contributed by atoms with E-state index in [9.17, 15) is 9.90 Å². The fourth-order valence-electron chi connectivity index (χ4n) is 1.67. The summed E-state index contributed by atoms with van der Waals surface area (Å²) in [6.45, 7) is 1.55. The molecule has 0 saturated heterocycles. The second-order valence-electron chi connectivity index (χ2n) is 4.26. The van der Waals surface area contributed by atoms with Gasteiger partial charge in [-0.3, -0.25) is 4.79 Å². The van der Waals surface area contributed by atoms with E-state index < -0.39 is 5.91 Å². The molecule has 0 bridgehead atoms. The van der Waals surface area contributed by atoms with Crippen molar-refractivity contribution in [3.05, 3.63) is 41.2 Å². The van der Waals surface area contributed by atoms with Gasteiger partial charge in [0.15, 0.2) is 5.69 Å². The van der Waals surface area contributed by atoms with Crippen molar-refractivity contribution in [3.8, 4) is 5.69 Å². The van der Waals surface area contributed by atoms with Crippen LogP contribution in [0.5, 0.6) is 0 Å². The van der Waals surface area contributed by atoms with Crippen LogP contribution in [0.2, 0.25) is 0 Å². The topological polar surface area (TPSA) is 100 Å². The largest absolute Gasteiger partial charge is 0.395 e. The molecule has 7 nitrogen and oxygen atoms in total. The van der Waals surface area contributed by atoms with Crippen molar-refractivity contribution >= 4 is 5.91 Å². The number of aromatic nitrogens is 3. The molecule has 2 aromatic rings. The number of hydrogen-bond acceptors (Lipinski definition) is 5. The molecule has 1 heterocycles. The van der Waals surface area contributed by atoms with E-state index in [1.807, 2.05) is 31.2 Å². The molecule has 106 valence electrons. The normalized spacial score (nSPS) is 10.6. The summed E-state index contributed by atoms with van der Waals surface area (Å²) >= 11 is 0. The van der Waals surface area contributed by atoms with Gasteiger partial charge in [0.1, 0.15) is 5.69 Å². The minimum absolute atomic E-state index is 0.0570. The Morgan fingerprint density at radius 3 is 2.55 bits per heavy atom. The van der Waals surface area contributed by atoms with E-state index in [1.165, 1.54) is 4.80 Å². The molecule has 0 aliphatic heterocycles. The maximum atomic E-state index is 11.8. The molecule has 0 saturated carbocycles. The third-order valence-electron chi connectivity index (χ3n) is 2.71. The number of benzene rings is 1. The molecule has 20 heavy (non-hydrogen) atoms. The molecular formula is C13H16N4O3. The molecule has 2 rings (SSSR count). The zero-order chi connectivity index (χ0) is 14.5. The van der Waals surface area contributed by atoms with E-state index in [4.69, 9.17) is 5.11 Å². The number of aliphatic hydroxyl groups is 2. The number of nitrogens with one attached hydrogen (secondary N) is 1. The minimum Gasteiger partial charge on any atom is -0.395 e. The number of amides is 1. The highest BCUT2D eigenvalue weighted by Crippen LogP contribution is 2.10. The molecule has 0 aliphatic carbocycles. The van der Waals surface area contributed by atoms with Crippen LogP contribution in [-0.4, -0.2) is 44.3 Å². The van der Waals surface area contributed by atoms with E-state index in [-0.39, 0.29) is 31.1 Å². The molecule has 1 aromatic carbocycles. The lowest BCUT2D eigenvalue weighted by Crippen LogP contribution is -2.27. The summed E-state index contributed by atoms with van der Waals surface area (Å²) in [5, 5.41) is 28.6. The summed E-state index contributed by atoms with van der Waals surface area (Å²) < 4.78 is 0. The lowest BCUT2D eigenvalue weighted by molar-refractivity contribution is 0.0936. The Bertz CT molecular complexity index is 592. The first-order valence-electron chi connectivity index (χ1n) is 6.19. The van der Waals surface area contributed by atoms with Crippen molar-refractivity contribution in [2.45, 2.75) is 13.5 Å². The Kier molecular flexibility index (Phi) is 4.44. The summed E-state index contributed by atoms with van der Waals surface area (Å²) in [5.74, 6) is -0.471. The summed E-state index contributed by atoms with van der Waals surface area (Å²) in [4.78, 5) is 13.1. The molecule has 0 aliphatic rings. The Balaban J connectivity index is 2.30. The number of carbonyl (C=O) groups excluding carboxylic acids is 1. The van der Waals surface area contributed by atoms with E-state index in [0.717, 1.165) is 5.56 Å². The van der Waals surface area contributed by atoms with Gasteiger partial charge in [0.05, 0.1) is 18.9 Å². The molecule has 1 aromatic heterocycles. The standard InChI is InChI=1S/C13H16N4O3/c1-9-2-4-10(5-3-9)17-15-11(8-19)12(16-17)13(20)14-6-7-18/h2-5,18-19H,6-8H2,1H3,(H,14,20). The van der Waals surface area contributed by atoms with Crippen molar-refractivity contribution in [2.75, 3.05) is 13.2 Å². The zero-order valence-corrected chi connectivity index (χ0v) is 11.1. The second kappa shape index (κ2) is 6.27. The van der Waals surface area contributed by atoms with Gasteiger partial charge in [-0.15, -0.1) is 10.2 Å². The van der Waals surface area contributed by atoms with Crippen LogP contribution in [0.15, 0.2) is 24.3 Å². The summed E-state index contributed by atoms with van der Waals surface area (Å²) in [5.41, 5.74) is 2.05. The van der Waals surface area contributed by atoms with Gasteiger partial charge < -0.3 is 15.5 Å². The average molecular weight is 276 g/mol. The van der Waals surface area contributed by atoms with Crippen molar-refractivity contribution in [3.63, 3.8) is 0 Å². The van der Waals surface area contributed by atoms with Crippen molar-refractivity contribution in [2.24, 2.45) is 0 Å². The average Bonchev–Trinajstić information content (AvgIpc) is 2.89. The molecule has 0 unspecified atom stereocenters. The van der Waals surface area contributed by atoms with E-state index in [1.54, 1.807) is 0 Å². The Hall–Kier alpha value is -2.25.